The molecule has 1 aliphatic rings. The number of benzene rings is 2. The van der Waals surface area contributed by atoms with Crippen molar-refractivity contribution >= 4 is 43.2 Å². The molecule has 1 heterocycles. The summed E-state index contributed by atoms with van der Waals surface area (Å²) in [5.41, 5.74) is 1.10. The normalized spacial score (nSPS) is 16.2. The summed E-state index contributed by atoms with van der Waals surface area (Å²) >= 11 is 9.29. The van der Waals surface area contributed by atoms with E-state index in [1.165, 1.54) is 0 Å². The molecule has 128 valence electrons. The van der Waals surface area contributed by atoms with Crippen LogP contribution in [-0.2, 0) is 16.4 Å². The molecular formula is C17H17BrClNO3S. The van der Waals surface area contributed by atoms with Gasteiger partial charge in [-0.3, -0.25) is 4.72 Å². The highest BCUT2D eigenvalue weighted by Gasteiger charge is 2.27. The van der Waals surface area contributed by atoms with E-state index < -0.39 is 10.0 Å². The lowest BCUT2D eigenvalue weighted by molar-refractivity contribution is 0.0845. The number of nitrogens with one attached hydrogen (secondary N) is 1. The number of rotatable bonds is 3. The second kappa shape index (κ2) is 6.24. The number of anilines is 1. The summed E-state index contributed by atoms with van der Waals surface area (Å²) in [5, 5.41) is 0.441. The van der Waals surface area contributed by atoms with Crippen molar-refractivity contribution in [2.45, 2.75) is 37.2 Å². The molecule has 0 spiro atoms. The van der Waals surface area contributed by atoms with E-state index in [-0.39, 0.29) is 10.5 Å². The van der Waals surface area contributed by atoms with Crippen LogP contribution >= 0.6 is 27.5 Å². The number of hydrogen-bond acceptors (Lipinski definition) is 3. The van der Waals surface area contributed by atoms with Gasteiger partial charge in [-0.15, -0.1) is 0 Å². The summed E-state index contributed by atoms with van der Waals surface area (Å²) in [6.45, 7) is 4.05. The second-order valence-electron chi connectivity index (χ2n) is 6.37. The van der Waals surface area contributed by atoms with Crippen molar-refractivity contribution in [1.82, 2.24) is 0 Å². The summed E-state index contributed by atoms with van der Waals surface area (Å²) in [6, 6.07) is 9.86. The van der Waals surface area contributed by atoms with Crippen molar-refractivity contribution in [3.05, 3.63) is 51.5 Å². The highest BCUT2D eigenvalue weighted by Crippen LogP contribution is 2.35. The summed E-state index contributed by atoms with van der Waals surface area (Å²) in [6.07, 6.45) is 1.63. The number of halogens is 2. The summed E-state index contributed by atoms with van der Waals surface area (Å²) in [5.74, 6) is 0.747. The smallest absolute Gasteiger partial charge is 0.261 e. The average Bonchev–Trinajstić information content (AvgIpc) is 2.49. The second-order valence-corrected chi connectivity index (χ2v) is 9.31. The first-order valence-electron chi connectivity index (χ1n) is 7.46. The lowest BCUT2D eigenvalue weighted by Gasteiger charge is -2.32. The van der Waals surface area contributed by atoms with E-state index >= 15 is 0 Å². The Hall–Kier alpha value is -1.24. The quantitative estimate of drug-likeness (QED) is 0.745. The number of ether oxygens (including phenoxy) is 1. The van der Waals surface area contributed by atoms with E-state index in [0.717, 1.165) is 24.2 Å². The van der Waals surface area contributed by atoms with Crippen molar-refractivity contribution < 1.29 is 13.2 Å². The van der Waals surface area contributed by atoms with Crippen LogP contribution in [0.25, 0.3) is 0 Å². The molecule has 0 aromatic heterocycles. The molecule has 0 amide bonds. The molecule has 1 aliphatic heterocycles. The van der Waals surface area contributed by atoms with Crippen molar-refractivity contribution in [3.63, 3.8) is 0 Å². The number of fused-ring (bicyclic) bond motifs is 1. The third-order valence-corrected chi connectivity index (χ3v) is 6.51. The zero-order valence-electron chi connectivity index (χ0n) is 13.3. The molecule has 0 atom stereocenters. The van der Waals surface area contributed by atoms with Crippen molar-refractivity contribution in [1.29, 1.82) is 0 Å². The lowest BCUT2D eigenvalue weighted by atomic mass is 9.94. The third-order valence-electron chi connectivity index (χ3n) is 3.90. The van der Waals surface area contributed by atoms with Gasteiger partial charge in [0.05, 0.1) is 15.6 Å². The largest absolute Gasteiger partial charge is 0.488 e. The Morgan fingerprint density at radius 2 is 1.96 bits per heavy atom. The van der Waals surface area contributed by atoms with Gasteiger partial charge in [-0.25, -0.2) is 8.42 Å². The zero-order valence-corrected chi connectivity index (χ0v) is 16.4. The highest BCUT2D eigenvalue weighted by atomic mass is 79.9. The maximum Gasteiger partial charge on any atom is 0.261 e. The highest BCUT2D eigenvalue weighted by molar-refractivity contribution is 9.10. The molecule has 0 unspecified atom stereocenters. The number of hydrogen-bond donors (Lipinski definition) is 1. The molecule has 4 nitrogen and oxygen atoms in total. The van der Waals surface area contributed by atoms with Gasteiger partial charge in [0.1, 0.15) is 11.4 Å². The third kappa shape index (κ3) is 3.71. The molecule has 0 saturated heterocycles. The van der Waals surface area contributed by atoms with Gasteiger partial charge in [-0.2, -0.15) is 0 Å². The minimum Gasteiger partial charge on any atom is -0.488 e. The first-order chi connectivity index (χ1) is 11.2. The molecule has 0 fully saturated rings. The molecule has 0 aliphatic carbocycles. The van der Waals surface area contributed by atoms with Crippen molar-refractivity contribution in [3.8, 4) is 5.75 Å². The van der Waals surface area contributed by atoms with Crippen LogP contribution < -0.4 is 9.46 Å². The summed E-state index contributed by atoms with van der Waals surface area (Å²) in [7, 11) is -3.68. The molecule has 2 aromatic rings. The van der Waals surface area contributed by atoms with E-state index in [4.69, 9.17) is 16.3 Å². The van der Waals surface area contributed by atoms with E-state index in [2.05, 4.69) is 20.7 Å². The zero-order chi connectivity index (χ0) is 17.5. The minimum atomic E-state index is -3.68. The average molecular weight is 431 g/mol. The molecule has 7 heteroatoms. The van der Waals surface area contributed by atoms with Gasteiger partial charge in [0.2, 0.25) is 0 Å². The Balaban J connectivity index is 1.89. The lowest BCUT2D eigenvalue weighted by Crippen LogP contribution is -2.32. The molecule has 2 aromatic carbocycles. The molecule has 24 heavy (non-hydrogen) atoms. The maximum atomic E-state index is 12.6. The number of aryl methyl sites for hydroxylation is 1. The Bertz CT molecular complexity index is 897. The van der Waals surface area contributed by atoms with E-state index in [9.17, 15) is 8.42 Å². The summed E-state index contributed by atoms with van der Waals surface area (Å²) < 4.78 is 34.4. The van der Waals surface area contributed by atoms with Crippen LogP contribution in [0.4, 0.5) is 5.69 Å². The molecular weight excluding hydrogens is 414 g/mol. The van der Waals surface area contributed by atoms with Crippen LogP contribution in [-0.4, -0.2) is 14.0 Å². The van der Waals surface area contributed by atoms with Gasteiger partial charge in [0, 0.05) is 4.47 Å². The molecule has 0 radical (unpaired) electrons. The fraction of sp³-hybridized carbons (Fsp3) is 0.294. The van der Waals surface area contributed by atoms with Gasteiger partial charge in [0.25, 0.3) is 10.0 Å². The summed E-state index contributed by atoms with van der Waals surface area (Å²) in [4.78, 5) is 0.212. The van der Waals surface area contributed by atoms with E-state index in [1.807, 2.05) is 13.8 Å². The Labute approximate surface area is 155 Å². The first-order valence-corrected chi connectivity index (χ1v) is 10.1. The predicted molar refractivity (Wildman–Crippen MR) is 99.4 cm³/mol. The molecule has 0 saturated carbocycles. The van der Waals surface area contributed by atoms with Crippen LogP contribution in [0.5, 0.6) is 5.75 Å². The van der Waals surface area contributed by atoms with Crippen LogP contribution in [0.3, 0.4) is 0 Å². The molecule has 0 bridgehead atoms. The van der Waals surface area contributed by atoms with Gasteiger partial charge < -0.3 is 4.74 Å². The van der Waals surface area contributed by atoms with Crippen molar-refractivity contribution in [2.24, 2.45) is 0 Å². The van der Waals surface area contributed by atoms with Crippen LogP contribution in [0.2, 0.25) is 5.02 Å². The number of sulfonamides is 1. The Morgan fingerprint density at radius 3 is 2.67 bits per heavy atom. The maximum absolute atomic E-state index is 12.6. The Kier molecular flexibility index (Phi) is 4.57. The van der Waals surface area contributed by atoms with Gasteiger partial charge in [-0.05, 0) is 84.6 Å². The SMILES string of the molecule is CC1(C)CCc2cc(S(=O)(=O)Nc3ccc(Br)c(Cl)c3)ccc2O1. The van der Waals surface area contributed by atoms with Crippen LogP contribution in [0.15, 0.2) is 45.8 Å². The van der Waals surface area contributed by atoms with Crippen LogP contribution in [0, 0.1) is 0 Å². The van der Waals surface area contributed by atoms with E-state index in [0.29, 0.717) is 15.2 Å². The van der Waals surface area contributed by atoms with E-state index in [1.54, 1.807) is 36.4 Å². The molecule has 3 rings (SSSR count). The Morgan fingerprint density at radius 1 is 1.21 bits per heavy atom. The molecule has 1 N–H and O–H groups in total. The monoisotopic (exact) mass is 429 g/mol. The fourth-order valence-corrected chi connectivity index (χ4v) is 4.10. The van der Waals surface area contributed by atoms with Crippen molar-refractivity contribution in [2.75, 3.05) is 4.72 Å². The standard InChI is InChI=1S/C17H17BrClNO3S/c1-17(2)8-7-11-9-13(4-6-16(11)23-17)24(21,22)20-12-3-5-14(18)15(19)10-12/h3-6,9-10,20H,7-8H2,1-2H3. The fourth-order valence-electron chi connectivity index (χ4n) is 2.58. The predicted octanol–water partition coefficient (Wildman–Crippen LogP) is 5.01. The van der Waals surface area contributed by atoms with Crippen LogP contribution in [0.1, 0.15) is 25.8 Å². The van der Waals surface area contributed by atoms with Gasteiger partial charge >= 0.3 is 0 Å². The van der Waals surface area contributed by atoms with Gasteiger partial charge in [0.15, 0.2) is 0 Å². The minimum absolute atomic E-state index is 0.212. The topological polar surface area (TPSA) is 55.4 Å². The van der Waals surface area contributed by atoms with Gasteiger partial charge in [-0.1, -0.05) is 11.6 Å². The first kappa shape index (κ1) is 17.6.